The first-order valence-corrected chi connectivity index (χ1v) is 6.46. The number of aromatic nitrogens is 2. The molecule has 0 aromatic carbocycles. The number of nitrogens with one attached hydrogen (secondary N) is 2. The second kappa shape index (κ2) is 6.81. The maximum absolute atomic E-state index is 14.4. The highest BCUT2D eigenvalue weighted by Crippen LogP contribution is 2.32. The van der Waals surface area contributed by atoms with Crippen LogP contribution in [-0.2, 0) is 19.1 Å². The molecule has 0 aliphatic carbocycles. The van der Waals surface area contributed by atoms with E-state index in [0.29, 0.717) is 0 Å². The third-order valence-corrected chi connectivity index (χ3v) is 3.13. The van der Waals surface area contributed by atoms with Gasteiger partial charge in [0.2, 0.25) is 5.91 Å². The van der Waals surface area contributed by atoms with Gasteiger partial charge in [-0.2, -0.15) is 0 Å². The number of methoxy groups -OCH3 is 1. The van der Waals surface area contributed by atoms with Gasteiger partial charge in [-0.1, -0.05) is 0 Å². The van der Waals surface area contributed by atoms with Crippen LogP contribution in [0.5, 0.6) is 0 Å². The molecule has 1 saturated heterocycles. The molecule has 2 N–H and O–H groups in total. The second-order valence-corrected chi connectivity index (χ2v) is 4.70. The number of carbonyl (C=O) groups is 1. The number of hydroxylamine groups is 1. The topological polar surface area (TPSA) is 112 Å². The summed E-state index contributed by atoms with van der Waals surface area (Å²) in [7, 11) is 1.30. The van der Waals surface area contributed by atoms with Crippen molar-refractivity contribution in [3.63, 3.8) is 0 Å². The molecule has 1 aliphatic rings. The van der Waals surface area contributed by atoms with E-state index < -0.39 is 41.8 Å². The van der Waals surface area contributed by atoms with Crippen molar-refractivity contribution < 1.29 is 23.5 Å². The van der Waals surface area contributed by atoms with E-state index in [1.54, 1.807) is 0 Å². The number of hydrogen-bond acceptors (Lipinski definition) is 6. The molecule has 9 nitrogen and oxygen atoms in total. The zero-order valence-electron chi connectivity index (χ0n) is 11.9. The first-order chi connectivity index (χ1) is 10.4. The number of nitrogens with zero attached hydrogens (tertiary/aromatic N) is 1. The first kappa shape index (κ1) is 16.3. The van der Waals surface area contributed by atoms with Crippen molar-refractivity contribution in [3.8, 4) is 0 Å². The van der Waals surface area contributed by atoms with Gasteiger partial charge in [-0.3, -0.25) is 24.0 Å². The number of rotatable bonds is 5. The molecule has 2 rings (SSSR count). The Hall–Kier alpha value is -2.04. The molecule has 0 spiro atoms. The van der Waals surface area contributed by atoms with E-state index in [1.165, 1.54) is 14.0 Å². The number of ether oxygens (including phenoxy) is 2. The largest absolute Gasteiger partial charge is 0.375 e. The minimum atomic E-state index is -1.65. The number of carbonyl (C=O) groups excluding carboxylic acids is 1. The average Bonchev–Trinajstić information content (AvgIpc) is 2.75. The summed E-state index contributed by atoms with van der Waals surface area (Å²) >= 11 is 0. The highest BCUT2D eigenvalue weighted by molar-refractivity contribution is 5.71. The van der Waals surface area contributed by atoms with Crippen LogP contribution in [-0.4, -0.2) is 47.6 Å². The monoisotopic (exact) mass is 317 g/mol. The average molecular weight is 317 g/mol. The Kier molecular flexibility index (Phi) is 5.06. The molecule has 1 aromatic rings. The van der Waals surface area contributed by atoms with Crippen molar-refractivity contribution in [1.82, 2.24) is 15.0 Å². The summed E-state index contributed by atoms with van der Waals surface area (Å²) in [6, 6.07) is 1.08. The zero-order chi connectivity index (χ0) is 16.3. The summed E-state index contributed by atoms with van der Waals surface area (Å²) in [5.74, 6) is -0.419. The number of aromatic amines is 1. The Morgan fingerprint density at radius 3 is 2.86 bits per heavy atom. The molecular weight excluding hydrogens is 301 g/mol. The Balaban J connectivity index is 2.15. The van der Waals surface area contributed by atoms with Crippen LogP contribution in [0.25, 0.3) is 0 Å². The van der Waals surface area contributed by atoms with Crippen LogP contribution >= 0.6 is 0 Å². The lowest BCUT2D eigenvalue weighted by atomic mass is 10.1. The molecule has 122 valence electrons. The van der Waals surface area contributed by atoms with Crippen molar-refractivity contribution in [2.45, 2.75) is 31.5 Å². The summed E-state index contributed by atoms with van der Waals surface area (Å²) in [4.78, 5) is 40.4. The van der Waals surface area contributed by atoms with Gasteiger partial charge in [0.1, 0.15) is 18.8 Å². The van der Waals surface area contributed by atoms with E-state index in [2.05, 4.69) is 5.48 Å². The van der Waals surface area contributed by atoms with Gasteiger partial charge in [-0.05, 0) is 0 Å². The highest BCUT2D eigenvalue weighted by Gasteiger charge is 2.47. The fraction of sp³-hybridized carbons (Fsp3) is 0.583. The molecule has 0 unspecified atom stereocenters. The lowest BCUT2D eigenvalue weighted by Gasteiger charge is -2.16. The van der Waals surface area contributed by atoms with E-state index >= 15 is 0 Å². The van der Waals surface area contributed by atoms with E-state index in [4.69, 9.17) is 14.3 Å². The van der Waals surface area contributed by atoms with E-state index in [1.807, 2.05) is 4.98 Å². The molecule has 1 aliphatic heterocycles. The molecule has 4 atom stereocenters. The standard InChI is InChI=1S/C12H16FN3O6/c1-6(17)15-21-5-7-10(20-2)9(13)11(22-7)16-4-3-8(18)14-12(16)19/h3-4,7,9-11H,5H2,1-2H3,(H,15,17)(H,14,18,19)/t7-,9-,10-,11-/m1/s1. The quantitative estimate of drug-likeness (QED) is 0.664. The SMILES string of the molecule is CO[C@H]1[C@@H](F)[C@H](n2ccc(=O)[nH]c2=O)O[C@@H]1CONC(C)=O. The van der Waals surface area contributed by atoms with Gasteiger partial charge < -0.3 is 9.47 Å². The maximum atomic E-state index is 14.4. The van der Waals surface area contributed by atoms with E-state index in [9.17, 15) is 18.8 Å². The van der Waals surface area contributed by atoms with Crippen LogP contribution in [0.4, 0.5) is 4.39 Å². The molecule has 22 heavy (non-hydrogen) atoms. The molecule has 10 heteroatoms. The summed E-state index contributed by atoms with van der Waals surface area (Å²) in [5.41, 5.74) is 0.705. The fourth-order valence-electron chi connectivity index (χ4n) is 2.19. The molecule has 1 fully saturated rings. The third-order valence-electron chi connectivity index (χ3n) is 3.13. The highest BCUT2D eigenvalue weighted by atomic mass is 19.1. The Bertz CT molecular complexity index is 644. The van der Waals surface area contributed by atoms with Gasteiger partial charge in [0.15, 0.2) is 12.4 Å². The maximum Gasteiger partial charge on any atom is 0.330 e. The van der Waals surface area contributed by atoms with Crippen molar-refractivity contribution in [1.29, 1.82) is 0 Å². The lowest BCUT2D eigenvalue weighted by Crippen LogP contribution is -2.37. The van der Waals surface area contributed by atoms with Crippen molar-refractivity contribution in [2.24, 2.45) is 0 Å². The molecule has 1 amide bonds. The zero-order valence-corrected chi connectivity index (χ0v) is 11.9. The van der Waals surface area contributed by atoms with Crippen LogP contribution in [0.1, 0.15) is 13.2 Å². The van der Waals surface area contributed by atoms with Crippen molar-refractivity contribution >= 4 is 5.91 Å². The van der Waals surface area contributed by atoms with Gasteiger partial charge in [-0.25, -0.2) is 14.7 Å². The predicted molar refractivity (Wildman–Crippen MR) is 70.7 cm³/mol. The summed E-state index contributed by atoms with van der Waals surface area (Å²) in [5, 5.41) is 0. The number of amides is 1. The predicted octanol–water partition coefficient (Wildman–Crippen LogP) is -1.15. The smallest absolute Gasteiger partial charge is 0.330 e. The van der Waals surface area contributed by atoms with Gasteiger partial charge >= 0.3 is 5.69 Å². The normalized spacial score (nSPS) is 27.8. The van der Waals surface area contributed by atoms with Gasteiger partial charge in [0.05, 0.1) is 0 Å². The summed E-state index contributed by atoms with van der Waals surface area (Å²) in [6.45, 7) is 1.09. The molecule has 0 bridgehead atoms. The van der Waals surface area contributed by atoms with E-state index in [-0.39, 0.29) is 6.61 Å². The summed E-state index contributed by atoms with van der Waals surface area (Å²) in [6.07, 6.45) is -3.60. The molecular formula is C12H16FN3O6. The fourth-order valence-corrected chi connectivity index (χ4v) is 2.19. The van der Waals surface area contributed by atoms with Crippen molar-refractivity contribution in [2.75, 3.05) is 13.7 Å². The number of hydrogen-bond donors (Lipinski definition) is 2. The van der Waals surface area contributed by atoms with Crippen LogP contribution in [0, 0.1) is 0 Å². The van der Waals surface area contributed by atoms with Gasteiger partial charge in [-0.15, -0.1) is 0 Å². The Morgan fingerprint density at radius 1 is 1.55 bits per heavy atom. The summed E-state index contributed by atoms with van der Waals surface area (Å²) < 4.78 is 25.8. The van der Waals surface area contributed by atoms with Gasteiger partial charge in [0.25, 0.3) is 5.56 Å². The van der Waals surface area contributed by atoms with Gasteiger partial charge in [0, 0.05) is 26.3 Å². The number of alkyl halides is 1. The number of halogens is 1. The Morgan fingerprint density at radius 2 is 2.27 bits per heavy atom. The molecule has 1 aromatic heterocycles. The minimum absolute atomic E-state index is 0.160. The van der Waals surface area contributed by atoms with Crippen molar-refractivity contribution in [3.05, 3.63) is 33.1 Å². The minimum Gasteiger partial charge on any atom is -0.375 e. The second-order valence-electron chi connectivity index (χ2n) is 4.70. The Labute approximate surface area is 123 Å². The van der Waals surface area contributed by atoms with Crippen LogP contribution in [0.15, 0.2) is 21.9 Å². The third kappa shape index (κ3) is 3.40. The van der Waals surface area contributed by atoms with E-state index in [0.717, 1.165) is 16.8 Å². The molecule has 0 radical (unpaired) electrons. The number of H-pyrrole nitrogens is 1. The molecule has 2 heterocycles. The van der Waals surface area contributed by atoms with Crippen LogP contribution in [0.2, 0.25) is 0 Å². The van der Waals surface area contributed by atoms with Crippen LogP contribution in [0.3, 0.4) is 0 Å². The van der Waals surface area contributed by atoms with Crippen LogP contribution < -0.4 is 16.7 Å². The lowest BCUT2D eigenvalue weighted by molar-refractivity contribution is -0.138. The first-order valence-electron chi connectivity index (χ1n) is 6.46. The molecule has 0 saturated carbocycles.